The highest BCUT2D eigenvalue weighted by Crippen LogP contribution is 2.48. The van der Waals surface area contributed by atoms with Gasteiger partial charge >= 0.3 is 0 Å². The number of benzene rings is 2. The Morgan fingerprint density at radius 1 is 1.15 bits per heavy atom. The lowest BCUT2D eigenvalue weighted by Gasteiger charge is -2.32. The third-order valence-corrected chi connectivity index (χ3v) is 5.04. The third kappa shape index (κ3) is 2.12. The van der Waals surface area contributed by atoms with Crippen LogP contribution in [0, 0.1) is 17.2 Å². The molecular formula is C18H22FN. The number of nitrogens with two attached hydrogens (primary N) is 1. The predicted molar refractivity (Wildman–Crippen MR) is 82.0 cm³/mol. The number of fused-ring (bicyclic) bond motifs is 1. The van der Waals surface area contributed by atoms with E-state index in [0.717, 1.165) is 10.9 Å². The van der Waals surface area contributed by atoms with Crippen molar-refractivity contribution in [1.29, 1.82) is 0 Å². The average molecular weight is 271 g/mol. The van der Waals surface area contributed by atoms with Gasteiger partial charge in [-0.15, -0.1) is 0 Å². The molecule has 0 amide bonds. The van der Waals surface area contributed by atoms with Crippen LogP contribution >= 0.6 is 0 Å². The smallest absolute Gasteiger partial charge is 0.131 e. The van der Waals surface area contributed by atoms with E-state index in [1.807, 2.05) is 30.3 Å². The Bertz CT molecular complexity index is 632. The molecule has 1 aliphatic carbocycles. The first-order valence-corrected chi connectivity index (χ1v) is 7.43. The molecule has 2 atom stereocenters. The summed E-state index contributed by atoms with van der Waals surface area (Å²) >= 11 is 0. The first-order chi connectivity index (χ1) is 9.50. The Hall–Kier alpha value is -1.41. The molecule has 1 fully saturated rings. The molecule has 20 heavy (non-hydrogen) atoms. The summed E-state index contributed by atoms with van der Waals surface area (Å²) in [5.74, 6) is 0.304. The third-order valence-electron chi connectivity index (χ3n) is 5.04. The van der Waals surface area contributed by atoms with E-state index in [2.05, 4.69) is 13.8 Å². The molecule has 0 aliphatic heterocycles. The van der Waals surface area contributed by atoms with Gasteiger partial charge in [-0.1, -0.05) is 50.6 Å². The minimum absolute atomic E-state index is 0.0157. The van der Waals surface area contributed by atoms with Crippen LogP contribution in [0.25, 0.3) is 10.8 Å². The van der Waals surface area contributed by atoms with Gasteiger partial charge in [0.1, 0.15) is 5.82 Å². The largest absolute Gasteiger partial charge is 0.324 e. The standard InChI is InChI=1S/C18H22FN/c1-18(2)11-5-8-15(18)17(20)14-9-10-16(19)13-7-4-3-6-12(13)14/h3-4,6-7,9-10,15,17H,5,8,11,20H2,1-2H3. The van der Waals surface area contributed by atoms with Crippen LogP contribution in [0.15, 0.2) is 36.4 Å². The Labute approximate surface area is 120 Å². The Morgan fingerprint density at radius 2 is 1.85 bits per heavy atom. The summed E-state index contributed by atoms with van der Waals surface area (Å²) in [6.07, 6.45) is 3.63. The second-order valence-corrected chi connectivity index (χ2v) is 6.70. The average Bonchev–Trinajstić information content (AvgIpc) is 2.78. The number of halogens is 1. The van der Waals surface area contributed by atoms with Crippen molar-refractivity contribution in [2.24, 2.45) is 17.1 Å². The molecule has 0 saturated heterocycles. The first-order valence-electron chi connectivity index (χ1n) is 7.43. The minimum atomic E-state index is -0.165. The van der Waals surface area contributed by atoms with Crippen LogP contribution < -0.4 is 5.73 Å². The van der Waals surface area contributed by atoms with Gasteiger partial charge in [-0.05, 0) is 41.2 Å². The Kier molecular flexibility index (Phi) is 3.29. The molecule has 2 N–H and O–H groups in total. The SMILES string of the molecule is CC1(C)CCCC1C(N)c1ccc(F)c2ccccc12. The van der Waals surface area contributed by atoms with Gasteiger partial charge in [0.05, 0.1) is 0 Å². The molecule has 3 rings (SSSR count). The van der Waals surface area contributed by atoms with Gasteiger partial charge in [-0.2, -0.15) is 0 Å². The van der Waals surface area contributed by atoms with Crippen LogP contribution in [0.5, 0.6) is 0 Å². The lowest BCUT2D eigenvalue weighted by molar-refractivity contribution is 0.223. The van der Waals surface area contributed by atoms with Gasteiger partial charge in [-0.25, -0.2) is 4.39 Å². The molecule has 2 aromatic rings. The van der Waals surface area contributed by atoms with E-state index < -0.39 is 0 Å². The maximum Gasteiger partial charge on any atom is 0.131 e. The predicted octanol–water partition coefficient (Wildman–Crippen LogP) is 4.81. The van der Waals surface area contributed by atoms with Crippen LogP contribution in [-0.4, -0.2) is 0 Å². The van der Waals surface area contributed by atoms with E-state index in [0.29, 0.717) is 11.3 Å². The quantitative estimate of drug-likeness (QED) is 0.833. The zero-order valence-electron chi connectivity index (χ0n) is 12.2. The molecule has 0 radical (unpaired) electrons. The van der Waals surface area contributed by atoms with Crippen LogP contribution in [0.1, 0.15) is 44.7 Å². The van der Waals surface area contributed by atoms with Gasteiger partial charge in [0.2, 0.25) is 0 Å². The molecule has 1 nitrogen and oxygen atoms in total. The summed E-state index contributed by atoms with van der Waals surface area (Å²) in [5.41, 5.74) is 7.93. The van der Waals surface area contributed by atoms with Gasteiger partial charge < -0.3 is 5.73 Å². The fraction of sp³-hybridized carbons (Fsp3) is 0.444. The molecule has 1 saturated carbocycles. The van der Waals surface area contributed by atoms with Crippen LogP contribution in [0.3, 0.4) is 0 Å². The second-order valence-electron chi connectivity index (χ2n) is 6.70. The molecule has 2 heteroatoms. The fourth-order valence-electron chi connectivity index (χ4n) is 3.81. The Morgan fingerprint density at radius 3 is 2.50 bits per heavy atom. The monoisotopic (exact) mass is 271 g/mol. The summed E-state index contributed by atoms with van der Waals surface area (Å²) in [5, 5.41) is 1.64. The maximum absolute atomic E-state index is 13.9. The van der Waals surface area contributed by atoms with Crippen molar-refractivity contribution in [1.82, 2.24) is 0 Å². The molecule has 0 bridgehead atoms. The molecule has 0 spiro atoms. The van der Waals surface area contributed by atoms with E-state index in [-0.39, 0.29) is 17.3 Å². The fourth-order valence-corrected chi connectivity index (χ4v) is 3.81. The number of hydrogen-bond acceptors (Lipinski definition) is 1. The van der Waals surface area contributed by atoms with Gasteiger partial charge in [0, 0.05) is 11.4 Å². The summed E-state index contributed by atoms with van der Waals surface area (Å²) in [6.45, 7) is 4.60. The highest BCUT2D eigenvalue weighted by Gasteiger charge is 2.39. The van der Waals surface area contributed by atoms with E-state index in [4.69, 9.17) is 5.73 Å². The molecule has 2 aromatic carbocycles. The molecular weight excluding hydrogens is 249 g/mol. The zero-order valence-corrected chi connectivity index (χ0v) is 12.2. The number of rotatable bonds is 2. The normalized spacial score (nSPS) is 23.1. The van der Waals surface area contributed by atoms with Crippen LogP contribution in [-0.2, 0) is 0 Å². The van der Waals surface area contributed by atoms with Gasteiger partial charge in [-0.3, -0.25) is 0 Å². The number of hydrogen-bond donors (Lipinski definition) is 1. The van der Waals surface area contributed by atoms with E-state index in [1.54, 1.807) is 6.07 Å². The van der Waals surface area contributed by atoms with Crippen molar-refractivity contribution in [3.8, 4) is 0 Å². The van der Waals surface area contributed by atoms with E-state index in [1.165, 1.54) is 19.3 Å². The highest BCUT2D eigenvalue weighted by atomic mass is 19.1. The molecule has 106 valence electrons. The lowest BCUT2D eigenvalue weighted by Crippen LogP contribution is -2.29. The Balaban J connectivity index is 2.08. The zero-order chi connectivity index (χ0) is 14.3. The van der Waals surface area contributed by atoms with Crippen LogP contribution in [0.4, 0.5) is 4.39 Å². The van der Waals surface area contributed by atoms with Crippen molar-refractivity contribution in [3.05, 3.63) is 47.8 Å². The van der Waals surface area contributed by atoms with Crippen molar-refractivity contribution in [2.75, 3.05) is 0 Å². The van der Waals surface area contributed by atoms with Gasteiger partial charge in [0.15, 0.2) is 0 Å². The van der Waals surface area contributed by atoms with Crippen molar-refractivity contribution in [3.63, 3.8) is 0 Å². The van der Waals surface area contributed by atoms with Crippen molar-refractivity contribution < 1.29 is 4.39 Å². The van der Waals surface area contributed by atoms with Crippen molar-refractivity contribution >= 4 is 10.8 Å². The van der Waals surface area contributed by atoms with E-state index in [9.17, 15) is 4.39 Å². The topological polar surface area (TPSA) is 26.0 Å². The summed E-state index contributed by atoms with van der Waals surface area (Å²) in [6, 6.07) is 11.1. The van der Waals surface area contributed by atoms with Gasteiger partial charge in [0.25, 0.3) is 0 Å². The van der Waals surface area contributed by atoms with Crippen molar-refractivity contribution in [2.45, 2.75) is 39.2 Å². The van der Waals surface area contributed by atoms with Crippen LogP contribution in [0.2, 0.25) is 0 Å². The summed E-state index contributed by atoms with van der Waals surface area (Å²) in [7, 11) is 0. The summed E-state index contributed by atoms with van der Waals surface area (Å²) < 4.78 is 13.9. The lowest BCUT2D eigenvalue weighted by atomic mass is 9.75. The molecule has 2 unspecified atom stereocenters. The molecule has 0 aromatic heterocycles. The summed E-state index contributed by atoms with van der Waals surface area (Å²) in [4.78, 5) is 0. The second kappa shape index (κ2) is 4.85. The minimum Gasteiger partial charge on any atom is -0.324 e. The highest BCUT2D eigenvalue weighted by molar-refractivity contribution is 5.86. The molecule has 0 heterocycles. The first kappa shape index (κ1) is 13.6. The maximum atomic E-state index is 13.9. The van der Waals surface area contributed by atoms with E-state index >= 15 is 0 Å². The molecule has 1 aliphatic rings.